The highest BCUT2D eigenvalue weighted by atomic mass is 15.2. The molecule has 1 aromatic rings. The molecule has 0 aromatic carbocycles. The maximum Gasteiger partial charge on any atom is 0.226 e. The van der Waals surface area contributed by atoms with Crippen LogP contribution in [0.4, 0.5) is 11.8 Å². The molecule has 0 unspecified atom stereocenters. The topological polar surface area (TPSA) is 44.3 Å². The number of nitrogens with one attached hydrogen (secondary N) is 1. The van der Waals surface area contributed by atoms with E-state index in [1.54, 1.807) is 6.20 Å². The summed E-state index contributed by atoms with van der Waals surface area (Å²) < 4.78 is 0. The van der Waals surface area contributed by atoms with Gasteiger partial charge in [0.1, 0.15) is 5.82 Å². The average molecular weight is 263 g/mol. The Balaban J connectivity index is 1.75. The predicted molar refractivity (Wildman–Crippen MR) is 79.7 cm³/mol. The van der Waals surface area contributed by atoms with Gasteiger partial charge in [-0.2, -0.15) is 4.98 Å². The smallest absolute Gasteiger partial charge is 0.226 e. The number of nitrogens with zero attached hydrogens (tertiary/aromatic N) is 4. The standard InChI is InChI=1S/C14H25N5/c1-18(2)14-16-9-5-13(17-14)15-8-4-12-6-10-19(3)11-7-12/h5,9,12H,4,6-8,10-11H2,1-3H3,(H,15,16,17). The average Bonchev–Trinajstić information content (AvgIpc) is 2.41. The number of piperidine rings is 1. The van der Waals surface area contributed by atoms with Crippen LogP contribution in [0.25, 0.3) is 0 Å². The lowest BCUT2D eigenvalue weighted by Gasteiger charge is -2.28. The van der Waals surface area contributed by atoms with Gasteiger partial charge in [-0.3, -0.25) is 0 Å². The first-order chi connectivity index (χ1) is 9.15. The minimum absolute atomic E-state index is 0.754. The number of anilines is 2. The Kier molecular flexibility index (Phi) is 4.96. The minimum Gasteiger partial charge on any atom is -0.370 e. The number of rotatable bonds is 5. The van der Waals surface area contributed by atoms with Crippen LogP contribution in [0.2, 0.25) is 0 Å². The van der Waals surface area contributed by atoms with Crippen molar-refractivity contribution >= 4 is 11.8 Å². The van der Waals surface area contributed by atoms with Gasteiger partial charge in [-0.25, -0.2) is 4.98 Å². The van der Waals surface area contributed by atoms with Gasteiger partial charge in [-0.15, -0.1) is 0 Å². The van der Waals surface area contributed by atoms with Crippen molar-refractivity contribution in [1.29, 1.82) is 0 Å². The summed E-state index contributed by atoms with van der Waals surface area (Å²) in [7, 11) is 6.12. The molecule has 0 amide bonds. The number of hydrogen-bond donors (Lipinski definition) is 1. The van der Waals surface area contributed by atoms with Crippen LogP contribution in [0.3, 0.4) is 0 Å². The van der Waals surface area contributed by atoms with Crippen LogP contribution < -0.4 is 10.2 Å². The van der Waals surface area contributed by atoms with Crippen LogP contribution in [0.15, 0.2) is 12.3 Å². The maximum atomic E-state index is 4.46. The SMILES string of the molecule is CN1CCC(CCNc2ccnc(N(C)C)n2)CC1. The Morgan fingerprint density at radius 1 is 1.37 bits per heavy atom. The zero-order valence-electron chi connectivity index (χ0n) is 12.3. The second kappa shape index (κ2) is 6.70. The molecule has 1 aliphatic rings. The van der Waals surface area contributed by atoms with Crippen molar-refractivity contribution in [2.75, 3.05) is 51.0 Å². The third-order valence-electron chi connectivity index (χ3n) is 3.74. The van der Waals surface area contributed by atoms with Crippen molar-refractivity contribution in [3.63, 3.8) is 0 Å². The molecule has 5 heteroatoms. The van der Waals surface area contributed by atoms with E-state index in [-0.39, 0.29) is 0 Å². The molecular formula is C14H25N5. The van der Waals surface area contributed by atoms with Crippen LogP contribution in [0.1, 0.15) is 19.3 Å². The first kappa shape index (κ1) is 14.1. The van der Waals surface area contributed by atoms with Crippen LogP contribution in [0.5, 0.6) is 0 Å². The fraction of sp³-hybridized carbons (Fsp3) is 0.714. The summed E-state index contributed by atoms with van der Waals surface area (Å²) >= 11 is 0. The first-order valence-corrected chi connectivity index (χ1v) is 7.08. The molecule has 2 rings (SSSR count). The van der Waals surface area contributed by atoms with Crippen molar-refractivity contribution in [1.82, 2.24) is 14.9 Å². The molecule has 1 aliphatic heterocycles. The van der Waals surface area contributed by atoms with E-state index in [1.165, 1.54) is 32.4 Å². The molecule has 19 heavy (non-hydrogen) atoms. The highest BCUT2D eigenvalue weighted by Gasteiger charge is 2.15. The Labute approximate surface area is 116 Å². The summed E-state index contributed by atoms with van der Waals surface area (Å²) in [5, 5.41) is 3.41. The number of likely N-dealkylation sites (tertiary alicyclic amines) is 1. The fourth-order valence-corrected chi connectivity index (χ4v) is 2.42. The van der Waals surface area contributed by atoms with Crippen LogP contribution >= 0.6 is 0 Å². The van der Waals surface area contributed by atoms with Crippen molar-refractivity contribution in [2.45, 2.75) is 19.3 Å². The zero-order valence-corrected chi connectivity index (χ0v) is 12.3. The Morgan fingerprint density at radius 3 is 2.79 bits per heavy atom. The Morgan fingerprint density at radius 2 is 2.11 bits per heavy atom. The molecule has 0 bridgehead atoms. The van der Waals surface area contributed by atoms with E-state index in [0.29, 0.717) is 0 Å². The quantitative estimate of drug-likeness (QED) is 0.876. The first-order valence-electron chi connectivity index (χ1n) is 7.08. The van der Waals surface area contributed by atoms with Crippen molar-refractivity contribution in [3.05, 3.63) is 12.3 Å². The molecule has 1 fully saturated rings. The summed E-state index contributed by atoms with van der Waals surface area (Å²) in [6, 6.07) is 1.93. The van der Waals surface area contributed by atoms with E-state index in [0.717, 1.165) is 24.2 Å². The van der Waals surface area contributed by atoms with Gasteiger partial charge in [0, 0.05) is 26.8 Å². The van der Waals surface area contributed by atoms with Gasteiger partial charge in [0.05, 0.1) is 0 Å². The van der Waals surface area contributed by atoms with E-state index in [2.05, 4.69) is 27.2 Å². The van der Waals surface area contributed by atoms with Gasteiger partial charge >= 0.3 is 0 Å². The van der Waals surface area contributed by atoms with Crippen molar-refractivity contribution < 1.29 is 0 Å². The van der Waals surface area contributed by atoms with Gasteiger partial charge in [0.25, 0.3) is 0 Å². The lowest BCUT2D eigenvalue weighted by atomic mass is 9.94. The summed E-state index contributed by atoms with van der Waals surface area (Å²) in [6.07, 6.45) is 5.69. The van der Waals surface area contributed by atoms with Crippen molar-refractivity contribution in [2.24, 2.45) is 5.92 Å². The van der Waals surface area contributed by atoms with Crippen LogP contribution in [-0.4, -0.2) is 55.6 Å². The molecule has 5 nitrogen and oxygen atoms in total. The third kappa shape index (κ3) is 4.35. The monoisotopic (exact) mass is 263 g/mol. The van der Waals surface area contributed by atoms with Gasteiger partial charge in [0.2, 0.25) is 5.95 Å². The fourth-order valence-electron chi connectivity index (χ4n) is 2.42. The molecule has 0 spiro atoms. The Bertz CT molecular complexity index is 385. The highest BCUT2D eigenvalue weighted by molar-refractivity contribution is 5.40. The molecule has 0 saturated carbocycles. The van der Waals surface area contributed by atoms with Crippen molar-refractivity contribution in [3.8, 4) is 0 Å². The number of hydrogen-bond acceptors (Lipinski definition) is 5. The largest absolute Gasteiger partial charge is 0.370 e. The minimum atomic E-state index is 0.754. The van der Waals surface area contributed by atoms with E-state index >= 15 is 0 Å². The summed E-state index contributed by atoms with van der Waals surface area (Å²) in [4.78, 5) is 13.0. The normalized spacial score (nSPS) is 17.4. The van der Waals surface area contributed by atoms with Gasteiger partial charge in [-0.05, 0) is 51.4 Å². The molecule has 106 valence electrons. The lowest BCUT2D eigenvalue weighted by molar-refractivity contribution is 0.215. The Hall–Kier alpha value is -1.36. The van der Waals surface area contributed by atoms with Gasteiger partial charge in [0.15, 0.2) is 0 Å². The number of aromatic nitrogens is 2. The molecule has 1 aromatic heterocycles. The van der Waals surface area contributed by atoms with Crippen LogP contribution in [-0.2, 0) is 0 Å². The molecule has 2 heterocycles. The molecule has 0 atom stereocenters. The molecule has 0 radical (unpaired) electrons. The van der Waals surface area contributed by atoms with E-state index < -0.39 is 0 Å². The highest BCUT2D eigenvalue weighted by Crippen LogP contribution is 2.19. The second-order valence-corrected chi connectivity index (χ2v) is 5.60. The molecule has 1 N–H and O–H groups in total. The molecule has 0 aliphatic carbocycles. The third-order valence-corrected chi connectivity index (χ3v) is 3.74. The lowest BCUT2D eigenvalue weighted by Crippen LogP contribution is -2.30. The van der Waals surface area contributed by atoms with E-state index in [4.69, 9.17) is 0 Å². The second-order valence-electron chi connectivity index (χ2n) is 5.60. The van der Waals surface area contributed by atoms with Gasteiger partial charge < -0.3 is 15.1 Å². The molecule has 1 saturated heterocycles. The summed E-state index contributed by atoms with van der Waals surface area (Å²) in [6.45, 7) is 3.48. The van der Waals surface area contributed by atoms with Crippen LogP contribution in [0, 0.1) is 5.92 Å². The van der Waals surface area contributed by atoms with E-state index in [9.17, 15) is 0 Å². The predicted octanol–water partition coefficient (Wildman–Crippen LogP) is 1.69. The zero-order chi connectivity index (χ0) is 13.7. The van der Waals surface area contributed by atoms with Gasteiger partial charge in [-0.1, -0.05) is 0 Å². The molecular weight excluding hydrogens is 238 g/mol. The summed E-state index contributed by atoms with van der Waals surface area (Å²) in [5.74, 6) is 2.54. The van der Waals surface area contributed by atoms with E-state index in [1.807, 2.05) is 25.1 Å². The summed E-state index contributed by atoms with van der Waals surface area (Å²) in [5.41, 5.74) is 0. The maximum absolute atomic E-state index is 4.46.